The zero-order valence-electron chi connectivity index (χ0n) is 16.7. The first kappa shape index (κ1) is 23.5. The van der Waals surface area contributed by atoms with Crippen molar-refractivity contribution in [1.82, 2.24) is 9.97 Å². The third-order valence-corrected chi connectivity index (χ3v) is 5.15. The molecule has 2 aromatic heterocycles. The number of fused-ring (bicyclic) bond motifs is 2. The molecule has 1 N–H and O–H groups in total. The van der Waals surface area contributed by atoms with Crippen molar-refractivity contribution in [2.24, 2.45) is 0 Å². The van der Waals surface area contributed by atoms with Crippen molar-refractivity contribution in [1.29, 1.82) is 0 Å². The molecular weight excluding hydrogens is 479 g/mol. The molecule has 4 rings (SSSR count). The molecule has 0 aliphatic rings. The summed E-state index contributed by atoms with van der Waals surface area (Å²) in [6.07, 6.45) is 0. The minimum atomic E-state index is -1.08. The van der Waals surface area contributed by atoms with Gasteiger partial charge in [-0.2, -0.15) is 0 Å². The van der Waals surface area contributed by atoms with E-state index in [1.165, 1.54) is 12.1 Å². The largest absolute Gasteiger partial charge is 0.476 e. The highest BCUT2D eigenvalue weighted by molar-refractivity contribution is 6.36. The number of halogens is 3. The van der Waals surface area contributed by atoms with Crippen LogP contribution in [0.15, 0.2) is 48.5 Å². The number of pyridine rings is 2. The number of hydrogen-bond donors (Lipinski definition) is 1. The lowest BCUT2D eigenvalue weighted by molar-refractivity contribution is -0.383. The summed E-state index contributed by atoms with van der Waals surface area (Å²) in [5.74, 6) is -1.08. The standard InChI is InChI=1S/C12H11ClN2O2.C9H4Cl2N2O2/c1-15(2)9-5-3-4-7-8(9)6-10(13)14-11(7)12(16)17;10-8-4-6-5(9(11)12-8)2-1-3-7(6)13(14)15/h3-6H,1-2H3,(H,16,17);1-4H. The number of hydrogen-bond acceptors (Lipinski definition) is 6. The van der Waals surface area contributed by atoms with Gasteiger partial charge in [0.15, 0.2) is 5.69 Å². The van der Waals surface area contributed by atoms with E-state index < -0.39 is 10.9 Å². The van der Waals surface area contributed by atoms with Gasteiger partial charge in [0.05, 0.1) is 10.3 Å². The van der Waals surface area contributed by atoms with Gasteiger partial charge in [-0.15, -0.1) is 0 Å². The zero-order valence-corrected chi connectivity index (χ0v) is 19.0. The fourth-order valence-corrected chi connectivity index (χ4v) is 3.82. The molecule has 164 valence electrons. The Labute approximate surface area is 197 Å². The molecule has 11 heteroatoms. The van der Waals surface area contributed by atoms with Crippen LogP contribution in [0.5, 0.6) is 0 Å². The molecule has 0 bridgehead atoms. The first-order valence-corrected chi connectivity index (χ1v) is 10.1. The number of nitro benzene ring substituents is 1. The second kappa shape index (κ2) is 9.52. The maximum Gasteiger partial charge on any atom is 0.355 e. The number of aromatic nitrogens is 2. The van der Waals surface area contributed by atoms with Crippen LogP contribution in [-0.4, -0.2) is 40.1 Å². The number of nitro groups is 1. The Bertz CT molecular complexity index is 1360. The van der Waals surface area contributed by atoms with Gasteiger partial charge in [0, 0.05) is 42.0 Å². The van der Waals surface area contributed by atoms with Gasteiger partial charge >= 0.3 is 5.97 Å². The Hall–Kier alpha value is -3.20. The van der Waals surface area contributed by atoms with Crippen LogP contribution in [0.2, 0.25) is 15.5 Å². The Morgan fingerprint density at radius 2 is 1.53 bits per heavy atom. The second-order valence-electron chi connectivity index (χ2n) is 6.73. The summed E-state index contributed by atoms with van der Waals surface area (Å²) >= 11 is 17.4. The molecule has 0 fully saturated rings. The highest BCUT2D eigenvalue weighted by Crippen LogP contribution is 2.31. The number of rotatable bonds is 3. The van der Waals surface area contributed by atoms with Gasteiger partial charge in [0.2, 0.25) is 0 Å². The summed E-state index contributed by atoms with van der Waals surface area (Å²) < 4.78 is 0. The number of anilines is 1. The van der Waals surface area contributed by atoms with Crippen molar-refractivity contribution in [3.63, 3.8) is 0 Å². The highest BCUT2D eigenvalue weighted by atomic mass is 35.5. The van der Waals surface area contributed by atoms with Crippen LogP contribution in [0.4, 0.5) is 11.4 Å². The van der Waals surface area contributed by atoms with Crippen LogP contribution < -0.4 is 4.90 Å². The van der Waals surface area contributed by atoms with Gasteiger partial charge in [0.25, 0.3) is 5.69 Å². The summed E-state index contributed by atoms with van der Waals surface area (Å²) in [5.41, 5.74) is 0.865. The molecule has 4 aromatic rings. The summed E-state index contributed by atoms with van der Waals surface area (Å²) in [6.45, 7) is 0. The number of non-ortho nitro benzene ring substituents is 1. The Morgan fingerprint density at radius 3 is 2.16 bits per heavy atom. The molecule has 0 aliphatic heterocycles. The van der Waals surface area contributed by atoms with Crippen molar-refractivity contribution in [2.75, 3.05) is 19.0 Å². The van der Waals surface area contributed by atoms with Crippen LogP contribution in [-0.2, 0) is 0 Å². The summed E-state index contributed by atoms with van der Waals surface area (Å²) in [6, 6.07) is 13.2. The first-order chi connectivity index (χ1) is 15.1. The van der Waals surface area contributed by atoms with Gasteiger partial charge in [-0.1, -0.05) is 59.1 Å². The van der Waals surface area contributed by atoms with E-state index in [1.54, 1.807) is 30.3 Å². The molecule has 0 radical (unpaired) electrons. The molecule has 2 heterocycles. The van der Waals surface area contributed by atoms with Crippen molar-refractivity contribution >= 4 is 73.7 Å². The number of benzene rings is 2. The van der Waals surface area contributed by atoms with E-state index in [1.807, 2.05) is 25.1 Å². The lowest BCUT2D eigenvalue weighted by Crippen LogP contribution is -2.10. The number of carboxylic acids is 1. The summed E-state index contributed by atoms with van der Waals surface area (Å²) in [4.78, 5) is 30.9. The van der Waals surface area contributed by atoms with Gasteiger partial charge in [-0.3, -0.25) is 10.1 Å². The maximum absolute atomic E-state index is 11.1. The topological polar surface area (TPSA) is 109 Å². The van der Waals surface area contributed by atoms with E-state index in [2.05, 4.69) is 9.97 Å². The SMILES string of the molecule is CN(C)c1cccc2c(C(=O)O)nc(Cl)cc12.O=[N+]([O-])c1cccc2c(Cl)nc(Cl)cc12. The number of carboxylic acid groups (broad SMARTS) is 1. The molecule has 0 aliphatic carbocycles. The van der Waals surface area contributed by atoms with Crippen LogP contribution >= 0.6 is 34.8 Å². The summed E-state index contributed by atoms with van der Waals surface area (Å²) in [5, 5.41) is 22.6. The lowest BCUT2D eigenvalue weighted by atomic mass is 10.1. The molecule has 0 unspecified atom stereocenters. The number of aromatic carboxylic acids is 1. The van der Waals surface area contributed by atoms with Crippen molar-refractivity contribution in [2.45, 2.75) is 0 Å². The van der Waals surface area contributed by atoms with Crippen LogP contribution in [0.3, 0.4) is 0 Å². The fourth-order valence-electron chi connectivity index (χ4n) is 3.13. The van der Waals surface area contributed by atoms with E-state index in [0.29, 0.717) is 16.2 Å². The van der Waals surface area contributed by atoms with Crippen LogP contribution in [0.1, 0.15) is 10.5 Å². The van der Waals surface area contributed by atoms with Crippen molar-refractivity contribution < 1.29 is 14.8 Å². The van der Waals surface area contributed by atoms with Crippen molar-refractivity contribution in [3.05, 3.63) is 79.8 Å². The average molecular weight is 494 g/mol. The molecule has 8 nitrogen and oxygen atoms in total. The normalized spacial score (nSPS) is 10.5. The minimum absolute atomic E-state index is 0.0174. The Balaban J connectivity index is 0.000000182. The van der Waals surface area contributed by atoms with Gasteiger partial charge in [-0.05, 0) is 18.2 Å². The molecule has 0 saturated heterocycles. The first-order valence-electron chi connectivity index (χ1n) is 8.99. The van der Waals surface area contributed by atoms with E-state index in [9.17, 15) is 14.9 Å². The molecule has 0 atom stereocenters. The van der Waals surface area contributed by atoms with Crippen LogP contribution in [0.25, 0.3) is 21.5 Å². The van der Waals surface area contributed by atoms with Gasteiger partial charge < -0.3 is 10.0 Å². The Kier molecular flexibility index (Phi) is 6.98. The maximum atomic E-state index is 11.1. The van der Waals surface area contributed by atoms with E-state index in [4.69, 9.17) is 39.9 Å². The van der Waals surface area contributed by atoms with E-state index in [0.717, 1.165) is 11.1 Å². The van der Waals surface area contributed by atoms with Crippen molar-refractivity contribution in [3.8, 4) is 0 Å². The monoisotopic (exact) mass is 492 g/mol. The van der Waals surface area contributed by atoms with Crippen LogP contribution in [0, 0.1) is 10.1 Å². The lowest BCUT2D eigenvalue weighted by Gasteiger charge is -2.16. The number of carbonyl (C=O) groups is 1. The Morgan fingerprint density at radius 1 is 0.938 bits per heavy atom. The van der Waals surface area contributed by atoms with E-state index >= 15 is 0 Å². The zero-order chi connectivity index (χ0) is 23.6. The molecule has 32 heavy (non-hydrogen) atoms. The fraction of sp³-hybridized carbons (Fsp3) is 0.0952. The molecule has 2 aromatic carbocycles. The minimum Gasteiger partial charge on any atom is -0.476 e. The molecule has 0 saturated carbocycles. The molecular formula is C21H15Cl3N4O4. The average Bonchev–Trinajstić information content (AvgIpc) is 2.72. The predicted octanol–water partition coefficient (Wildman–Crippen LogP) is 6.10. The smallest absolute Gasteiger partial charge is 0.355 e. The third-order valence-electron chi connectivity index (χ3n) is 4.48. The van der Waals surface area contributed by atoms with Gasteiger partial charge in [0.1, 0.15) is 15.5 Å². The quantitative estimate of drug-likeness (QED) is 0.208. The van der Waals surface area contributed by atoms with E-state index in [-0.39, 0.29) is 26.8 Å². The predicted molar refractivity (Wildman–Crippen MR) is 126 cm³/mol. The molecule has 0 spiro atoms. The second-order valence-corrected chi connectivity index (χ2v) is 7.86. The summed E-state index contributed by atoms with van der Waals surface area (Å²) in [7, 11) is 3.78. The molecule has 0 amide bonds. The highest BCUT2D eigenvalue weighted by Gasteiger charge is 2.15. The third kappa shape index (κ3) is 4.83. The number of nitrogens with zero attached hydrogens (tertiary/aromatic N) is 4. The van der Waals surface area contributed by atoms with Gasteiger partial charge in [-0.25, -0.2) is 14.8 Å².